The third-order valence-electron chi connectivity index (χ3n) is 3.83. The Kier molecular flexibility index (Phi) is 5.21. The molecule has 1 N–H and O–H groups in total. The van der Waals surface area contributed by atoms with E-state index in [4.69, 9.17) is 4.52 Å². The molecule has 22 heavy (non-hydrogen) atoms. The van der Waals surface area contributed by atoms with Gasteiger partial charge in [-0.1, -0.05) is 35.0 Å². The Labute approximate surface area is 136 Å². The molecule has 118 valence electrons. The summed E-state index contributed by atoms with van der Waals surface area (Å²) in [6.45, 7) is 6.38. The molecule has 1 atom stereocenters. The number of benzene rings is 1. The number of nitrogens with one attached hydrogen (secondary N) is 1. The van der Waals surface area contributed by atoms with Crippen molar-refractivity contribution in [1.82, 2.24) is 15.4 Å². The molecular weight excluding hydrogens is 302 g/mol. The molecule has 1 saturated heterocycles. The van der Waals surface area contributed by atoms with Crippen LogP contribution >= 0.6 is 12.4 Å². The first-order valence-corrected chi connectivity index (χ1v) is 7.20. The SMILES string of the molecule is Cc1ccc(-c2cc(C(=O)N3CCNC[C@H]3C)on2)cc1.Cl. The van der Waals surface area contributed by atoms with Crippen LogP contribution < -0.4 is 5.32 Å². The summed E-state index contributed by atoms with van der Waals surface area (Å²) in [7, 11) is 0. The molecule has 0 aliphatic carbocycles. The number of rotatable bonds is 2. The van der Waals surface area contributed by atoms with Gasteiger partial charge in [-0.25, -0.2) is 0 Å². The fourth-order valence-electron chi connectivity index (χ4n) is 2.52. The largest absolute Gasteiger partial charge is 0.350 e. The van der Waals surface area contributed by atoms with Crippen LogP contribution in [0.2, 0.25) is 0 Å². The maximum Gasteiger partial charge on any atom is 0.292 e. The Morgan fingerprint density at radius 1 is 1.36 bits per heavy atom. The van der Waals surface area contributed by atoms with Gasteiger partial charge < -0.3 is 14.7 Å². The van der Waals surface area contributed by atoms with Crippen molar-refractivity contribution in [3.8, 4) is 11.3 Å². The topological polar surface area (TPSA) is 58.4 Å². The van der Waals surface area contributed by atoms with Crippen molar-refractivity contribution in [1.29, 1.82) is 0 Å². The molecule has 1 aromatic carbocycles. The van der Waals surface area contributed by atoms with Gasteiger partial charge in [0.25, 0.3) is 5.91 Å². The molecule has 3 rings (SSSR count). The second-order valence-electron chi connectivity index (χ2n) is 5.49. The molecule has 0 radical (unpaired) electrons. The van der Waals surface area contributed by atoms with Gasteiger partial charge in [0.05, 0.1) is 0 Å². The van der Waals surface area contributed by atoms with Gasteiger partial charge in [0, 0.05) is 37.3 Å². The van der Waals surface area contributed by atoms with Gasteiger partial charge in [-0.15, -0.1) is 12.4 Å². The van der Waals surface area contributed by atoms with Crippen LogP contribution in [0.25, 0.3) is 11.3 Å². The van der Waals surface area contributed by atoms with E-state index in [1.807, 2.05) is 43.0 Å². The molecule has 1 fully saturated rings. The highest BCUT2D eigenvalue weighted by Gasteiger charge is 2.27. The smallest absolute Gasteiger partial charge is 0.292 e. The van der Waals surface area contributed by atoms with E-state index < -0.39 is 0 Å². The Balaban J connectivity index is 0.00000176. The summed E-state index contributed by atoms with van der Waals surface area (Å²) in [5.74, 6) is 0.217. The van der Waals surface area contributed by atoms with E-state index >= 15 is 0 Å². The summed E-state index contributed by atoms with van der Waals surface area (Å²) < 4.78 is 5.25. The predicted octanol–water partition coefficient (Wildman–Crippen LogP) is 2.51. The molecule has 1 aliphatic rings. The average Bonchev–Trinajstić information content (AvgIpc) is 2.98. The zero-order valence-corrected chi connectivity index (χ0v) is 13.5. The second kappa shape index (κ2) is 6.94. The molecule has 0 bridgehead atoms. The molecule has 1 aromatic heterocycles. The molecule has 0 unspecified atom stereocenters. The van der Waals surface area contributed by atoms with Crippen LogP contribution in [0.15, 0.2) is 34.9 Å². The Morgan fingerprint density at radius 3 is 2.77 bits per heavy atom. The molecule has 1 aliphatic heterocycles. The first-order chi connectivity index (χ1) is 10.1. The van der Waals surface area contributed by atoms with Crippen LogP contribution in [0.1, 0.15) is 23.0 Å². The van der Waals surface area contributed by atoms with E-state index in [0.29, 0.717) is 18.0 Å². The van der Waals surface area contributed by atoms with Crippen molar-refractivity contribution < 1.29 is 9.32 Å². The van der Waals surface area contributed by atoms with Gasteiger partial charge in [-0.2, -0.15) is 0 Å². The zero-order chi connectivity index (χ0) is 14.8. The Morgan fingerprint density at radius 2 is 2.09 bits per heavy atom. The van der Waals surface area contributed by atoms with Gasteiger partial charge in [0.2, 0.25) is 5.76 Å². The lowest BCUT2D eigenvalue weighted by molar-refractivity contribution is 0.0613. The van der Waals surface area contributed by atoms with Crippen molar-refractivity contribution in [3.05, 3.63) is 41.7 Å². The number of halogens is 1. The maximum atomic E-state index is 12.5. The molecule has 2 heterocycles. The first kappa shape index (κ1) is 16.5. The standard InChI is InChI=1S/C16H19N3O2.ClH/c1-11-3-5-13(6-4-11)14-9-15(21-18-14)16(20)19-8-7-17-10-12(19)2;/h3-6,9,12,17H,7-8,10H2,1-2H3;1H/t12-;/m1./s1. The normalized spacial score (nSPS) is 17.9. The van der Waals surface area contributed by atoms with Crippen LogP contribution in [0.3, 0.4) is 0 Å². The fourth-order valence-corrected chi connectivity index (χ4v) is 2.52. The molecular formula is C16H20ClN3O2. The lowest BCUT2D eigenvalue weighted by atomic mass is 10.1. The van der Waals surface area contributed by atoms with Gasteiger partial charge in [0.1, 0.15) is 5.69 Å². The molecule has 6 heteroatoms. The molecule has 0 saturated carbocycles. The van der Waals surface area contributed by atoms with Crippen molar-refractivity contribution in [3.63, 3.8) is 0 Å². The van der Waals surface area contributed by atoms with Crippen molar-refractivity contribution in [2.24, 2.45) is 0 Å². The van der Waals surface area contributed by atoms with E-state index in [2.05, 4.69) is 10.5 Å². The lowest BCUT2D eigenvalue weighted by Gasteiger charge is -2.33. The summed E-state index contributed by atoms with van der Waals surface area (Å²) in [6.07, 6.45) is 0. The molecule has 0 spiro atoms. The number of piperazine rings is 1. The number of amides is 1. The second-order valence-corrected chi connectivity index (χ2v) is 5.49. The van der Waals surface area contributed by atoms with Crippen LogP contribution in [0.4, 0.5) is 0 Å². The van der Waals surface area contributed by atoms with Crippen molar-refractivity contribution in [2.45, 2.75) is 19.9 Å². The third kappa shape index (κ3) is 3.31. The third-order valence-corrected chi connectivity index (χ3v) is 3.83. The Bertz CT molecular complexity index is 639. The number of carbonyl (C=O) groups excluding carboxylic acids is 1. The monoisotopic (exact) mass is 321 g/mol. The minimum absolute atomic E-state index is 0. The van der Waals surface area contributed by atoms with Crippen molar-refractivity contribution >= 4 is 18.3 Å². The summed E-state index contributed by atoms with van der Waals surface area (Å²) >= 11 is 0. The summed E-state index contributed by atoms with van der Waals surface area (Å²) in [5, 5.41) is 7.29. The summed E-state index contributed by atoms with van der Waals surface area (Å²) in [6, 6.07) is 9.89. The van der Waals surface area contributed by atoms with E-state index in [1.54, 1.807) is 6.07 Å². The molecule has 1 amide bonds. The van der Waals surface area contributed by atoms with Gasteiger partial charge >= 0.3 is 0 Å². The predicted molar refractivity (Wildman–Crippen MR) is 87.3 cm³/mol. The number of aryl methyl sites for hydroxylation is 1. The van der Waals surface area contributed by atoms with Crippen LogP contribution in [0, 0.1) is 6.92 Å². The van der Waals surface area contributed by atoms with Gasteiger partial charge in [-0.3, -0.25) is 4.79 Å². The summed E-state index contributed by atoms with van der Waals surface area (Å²) in [5.41, 5.74) is 2.84. The summed E-state index contributed by atoms with van der Waals surface area (Å²) in [4.78, 5) is 14.3. The average molecular weight is 322 g/mol. The number of carbonyl (C=O) groups is 1. The minimum atomic E-state index is -0.0881. The quantitative estimate of drug-likeness (QED) is 0.923. The fraction of sp³-hybridized carbons (Fsp3) is 0.375. The van der Waals surface area contributed by atoms with Gasteiger partial charge in [0.15, 0.2) is 0 Å². The number of hydrogen-bond acceptors (Lipinski definition) is 4. The number of nitrogens with zero attached hydrogens (tertiary/aromatic N) is 2. The molecule has 5 nitrogen and oxygen atoms in total. The van der Waals surface area contributed by atoms with E-state index in [1.165, 1.54) is 5.56 Å². The first-order valence-electron chi connectivity index (χ1n) is 7.20. The molecule has 2 aromatic rings. The van der Waals surface area contributed by atoms with Crippen molar-refractivity contribution in [2.75, 3.05) is 19.6 Å². The van der Waals surface area contributed by atoms with Crippen LogP contribution in [0.5, 0.6) is 0 Å². The van der Waals surface area contributed by atoms with E-state index in [0.717, 1.165) is 18.7 Å². The van der Waals surface area contributed by atoms with E-state index in [9.17, 15) is 4.79 Å². The minimum Gasteiger partial charge on any atom is -0.350 e. The Hall–Kier alpha value is -1.85. The maximum absolute atomic E-state index is 12.5. The lowest BCUT2D eigenvalue weighted by Crippen LogP contribution is -2.52. The van der Waals surface area contributed by atoms with Gasteiger partial charge in [-0.05, 0) is 13.8 Å². The highest BCUT2D eigenvalue weighted by atomic mass is 35.5. The number of hydrogen-bond donors (Lipinski definition) is 1. The van der Waals surface area contributed by atoms with Crippen LogP contribution in [-0.2, 0) is 0 Å². The highest BCUT2D eigenvalue weighted by Crippen LogP contribution is 2.21. The highest BCUT2D eigenvalue weighted by molar-refractivity contribution is 5.92. The number of aromatic nitrogens is 1. The van der Waals surface area contributed by atoms with E-state index in [-0.39, 0.29) is 24.4 Å². The zero-order valence-electron chi connectivity index (χ0n) is 12.7. The van der Waals surface area contributed by atoms with Crippen LogP contribution in [-0.4, -0.2) is 41.6 Å².